The molecular weight excluding hydrogens is 467 g/mol. The first-order valence-corrected chi connectivity index (χ1v) is 9.72. The molecule has 0 aromatic heterocycles. The van der Waals surface area contributed by atoms with Crippen molar-refractivity contribution in [3.8, 4) is 0 Å². The van der Waals surface area contributed by atoms with Crippen molar-refractivity contribution >= 4 is 35.8 Å². The lowest BCUT2D eigenvalue weighted by molar-refractivity contribution is -0.0835. The molecule has 0 aliphatic carbocycles. The Kier molecular flexibility index (Phi) is 10.2. The van der Waals surface area contributed by atoms with Gasteiger partial charge in [0.25, 0.3) is 5.91 Å². The molecule has 0 radical (unpaired) electrons. The minimum absolute atomic E-state index is 0. The molecule has 1 saturated heterocycles. The molecule has 1 aliphatic heterocycles. The molecule has 158 valence electrons. The highest BCUT2D eigenvalue weighted by atomic mass is 127. The van der Waals surface area contributed by atoms with Crippen molar-refractivity contribution in [1.82, 2.24) is 16.0 Å². The van der Waals surface area contributed by atoms with E-state index in [0.29, 0.717) is 18.0 Å². The van der Waals surface area contributed by atoms with E-state index in [1.807, 2.05) is 24.3 Å². The number of nitrogens with zero attached hydrogens (tertiary/aromatic N) is 1. The van der Waals surface area contributed by atoms with Crippen molar-refractivity contribution in [2.45, 2.75) is 46.3 Å². The van der Waals surface area contributed by atoms with E-state index < -0.39 is 0 Å². The van der Waals surface area contributed by atoms with Crippen LogP contribution < -0.4 is 16.0 Å². The van der Waals surface area contributed by atoms with Crippen LogP contribution in [0.15, 0.2) is 29.3 Å². The topological polar surface area (TPSA) is 74.8 Å². The number of ether oxygens (including phenoxy) is 1. The molecule has 2 unspecified atom stereocenters. The van der Waals surface area contributed by atoms with Gasteiger partial charge in [-0.25, -0.2) is 0 Å². The number of carbonyl (C=O) groups is 1. The quantitative estimate of drug-likeness (QED) is 0.329. The molecule has 2 atom stereocenters. The summed E-state index contributed by atoms with van der Waals surface area (Å²) in [5.41, 5.74) is 1.82. The monoisotopic (exact) mass is 502 g/mol. The number of benzene rings is 1. The summed E-state index contributed by atoms with van der Waals surface area (Å²) >= 11 is 0. The van der Waals surface area contributed by atoms with Gasteiger partial charge in [-0.2, -0.15) is 0 Å². The number of nitrogens with one attached hydrogen (secondary N) is 3. The zero-order valence-electron chi connectivity index (χ0n) is 17.7. The lowest BCUT2D eigenvalue weighted by Gasteiger charge is -2.40. The summed E-state index contributed by atoms with van der Waals surface area (Å²) in [5.74, 6) is 1.15. The molecule has 1 aromatic rings. The molecule has 7 heteroatoms. The SMILES string of the molecule is CN=C(NCc1cccc(C(=O)NC)c1)NCC1CCCOC1C(C)(C)C.I. The lowest BCUT2D eigenvalue weighted by atomic mass is 9.78. The maximum atomic E-state index is 11.8. The van der Waals surface area contributed by atoms with Crippen molar-refractivity contribution in [3.05, 3.63) is 35.4 Å². The molecule has 1 aliphatic rings. The maximum Gasteiger partial charge on any atom is 0.251 e. The van der Waals surface area contributed by atoms with Crippen molar-refractivity contribution in [2.75, 3.05) is 27.2 Å². The molecule has 3 N–H and O–H groups in total. The fraction of sp³-hybridized carbons (Fsp3) is 0.619. The van der Waals surface area contributed by atoms with Crippen LogP contribution >= 0.6 is 24.0 Å². The third-order valence-corrected chi connectivity index (χ3v) is 4.93. The second kappa shape index (κ2) is 11.6. The normalized spacial score (nSPS) is 20.1. The Morgan fingerprint density at radius 3 is 2.68 bits per heavy atom. The molecule has 1 amide bonds. The Morgan fingerprint density at radius 1 is 1.29 bits per heavy atom. The minimum Gasteiger partial charge on any atom is -0.377 e. The van der Waals surface area contributed by atoms with Gasteiger partial charge in [-0.1, -0.05) is 32.9 Å². The second-order valence-electron chi connectivity index (χ2n) is 8.15. The third kappa shape index (κ3) is 7.24. The second-order valence-corrected chi connectivity index (χ2v) is 8.15. The van der Waals surface area contributed by atoms with Gasteiger partial charge in [-0.3, -0.25) is 9.79 Å². The summed E-state index contributed by atoms with van der Waals surface area (Å²) in [6.07, 6.45) is 2.53. The summed E-state index contributed by atoms with van der Waals surface area (Å²) in [7, 11) is 3.41. The van der Waals surface area contributed by atoms with E-state index in [1.54, 1.807) is 14.1 Å². The van der Waals surface area contributed by atoms with Crippen LogP contribution in [0.3, 0.4) is 0 Å². The largest absolute Gasteiger partial charge is 0.377 e. The fourth-order valence-electron chi connectivity index (χ4n) is 3.61. The molecular formula is C21H35IN4O2. The smallest absolute Gasteiger partial charge is 0.251 e. The first kappa shape index (κ1) is 24.7. The summed E-state index contributed by atoms with van der Waals surface area (Å²) in [6, 6.07) is 7.59. The van der Waals surface area contributed by atoms with Gasteiger partial charge < -0.3 is 20.7 Å². The third-order valence-electron chi connectivity index (χ3n) is 4.93. The predicted octanol–water partition coefficient (Wildman–Crippen LogP) is 3.17. The van der Waals surface area contributed by atoms with Gasteiger partial charge in [-0.15, -0.1) is 24.0 Å². The van der Waals surface area contributed by atoms with E-state index in [0.717, 1.165) is 31.1 Å². The standard InChI is InChI=1S/C21H34N4O2.HI/c1-21(2,3)18-17(10-7-11-27-18)14-25-20(23-5)24-13-15-8-6-9-16(12-15)19(26)22-4;/h6,8-9,12,17-18H,7,10-11,13-14H2,1-5H3,(H,22,26)(H2,23,24,25);1H. The van der Waals surface area contributed by atoms with Crippen LogP contribution in [-0.4, -0.2) is 45.2 Å². The summed E-state index contributed by atoms with van der Waals surface area (Å²) in [5, 5.41) is 9.42. The van der Waals surface area contributed by atoms with Crippen LogP contribution in [-0.2, 0) is 11.3 Å². The van der Waals surface area contributed by atoms with Crippen molar-refractivity contribution in [1.29, 1.82) is 0 Å². The average Bonchev–Trinajstić information content (AvgIpc) is 2.67. The molecule has 0 spiro atoms. The van der Waals surface area contributed by atoms with Gasteiger partial charge in [0.2, 0.25) is 0 Å². The molecule has 2 rings (SSSR count). The number of hydrogen-bond acceptors (Lipinski definition) is 3. The Morgan fingerprint density at radius 2 is 2.04 bits per heavy atom. The summed E-state index contributed by atoms with van der Waals surface area (Å²) in [4.78, 5) is 16.1. The summed E-state index contributed by atoms with van der Waals surface area (Å²) in [6.45, 7) is 9.01. The predicted molar refractivity (Wildman–Crippen MR) is 125 cm³/mol. The van der Waals surface area contributed by atoms with Crippen LogP contribution in [0.25, 0.3) is 0 Å². The summed E-state index contributed by atoms with van der Waals surface area (Å²) < 4.78 is 6.06. The highest BCUT2D eigenvalue weighted by Gasteiger charge is 2.35. The molecule has 1 aromatic carbocycles. The van der Waals surface area contributed by atoms with Crippen molar-refractivity contribution < 1.29 is 9.53 Å². The number of carbonyl (C=O) groups excluding carboxylic acids is 1. The van der Waals surface area contributed by atoms with Crippen LogP contribution in [0.4, 0.5) is 0 Å². The molecule has 28 heavy (non-hydrogen) atoms. The Bertz CT molecular complexity index is 658. The first-order chi connectivity index (χ1) is 12.8. The zero-order chi connectivity index (χ0) is 19.9. The minimum atomic E-state index is -0.0788. The van der Waals surface area contributed by atoms with E-state index in [9.17, 15) is 4.79 Å². The molecule has 0 bridgehead atoms. The zero-order valence-corrected chi connectivity index (χ0v) is 20.0. The van der Waals surface area contributed by atoms with Crippen LogP contribution in [0, 0.1) is 11.3 Å². The average molecular weight is 502 g/mol. The van der Waals surface area contributed by atoms with Gasteiger partial charge in [0.05, 0.1) is 6.10 Å². The van der Waals surface area contributed by atoms with E-state index in [4.69, 9.17) is 4.74 Å². The van der Waals surface area contributed by atoms with Crippen LogP contribution in [0.2, 0.25) is 0 Å². The molecule has 1 fully saturated rings. The Labute approximate surface area is 186 Å². The van der Waals surface area contributed by atoms with Gasteiger partial charge in [-0.05, 0) is 36.0 Å². The van der Waals surface area contributed by atoms with Crippen LogP contribution in [0.1, 0.15) is 49.5 Å². The Balaban J connectivity index is 0.00000392. The fourth-order valence-corrected chi connectivity index (χ4v) is 3.61. The highest BCUT2D eigenvalue weighted by Crippen LogP contribution is 2.33. The highest BCUT2D eigenvalue weighted by molar-refractivity contribution is 14.0. The number of guanidine groups is 1. The van der Waals surface area contributed by atoms with Gasteiger partial charge in [0.15, 0.2) is 5.96 Å². The first-order valence-electron chi connectivity index (χ1n) is 9.72. The number of halogens is 1. The van der Waals surface area contributed by atoms with Gasteiger partial charge in [0.1, 0.15) is 0 Å². The van der Waals surface area contributed by atoms with Crippen molar-refractivity contribution in [3.63, 3.8) is 0 Å². The molecule has 1 heterocycles. The number of hydrogen-bond donors (Lipinski definition) is 3. The van der Waals surface area contributed by atoms with E-state index in [-0.39, 0.29) is 41.4 Å². The number of amides is 1. The number of aliphatic imine (C=N–C) groups is 1. The van der Waals surface area contributed by atoms with Crippen molar-refractivity contribution in [2.24, 2.45) is 16.3 Å². The van der Waals surface area contributed by atoms with Gasteiger partial charge >= 0.3 is 0 Å². The lowest BCUT2D eigenvalue weighted by Crippen LogP contribution is -2.47. The van der Waals surface area contributed by atoms with E-state index in [2.05, 4.69) is 41.7 Å². The van der Waals surface area contributed by atoms with E-state index in [1.165, 1.54) is 6.42 Å². The van der Waals surface area contributed by atoms with Crippen LogP contribution in [0.5, 0.6) is 0 Å². The maximum absolute atomic E-state index is 11.8. The molecule has 0 saturated carbocycles. The number of rotatable bonds is 5. The molecule has 6 nitrogen and oxygen atoms in total. The van der Waals surface area contributed by atoms with Gasteiger partial charge in [0, 0.05) is 45.3 Å². The Hall–Kier alpha value is -1.35. The van der Waals surface area contributed by atoms with E-state index >= 15 is 0 Å².